The number of piperidine rings is 1. The molecule has 1 aliphatic heterocycles. The lowest BCUT2D eigenvalue weighted by molar-refractivity contribution is 0.0518. The van der Waals surface area contributed by atoms with E-state index in [9.17, 15) is 14.0 Å². The van der Waals surface area contributed by atoms with Crippen LogP contribution in [-0.4, -0.2) is 36.9 Å². The van der Waals surface area contributed by atoms with Gasteiger partial charge < -0.3 is 15.0 Å². The van der Waals surface area contributed by atoms with E-state index < -0.39 is 5.82 Å². The Morgan fingerprint density at radius 2 is 1.77 bits per heavy atom. The van der Waals surface area contributed by atoms with Crippen molar-refractivity contribution in [2.45, 2.75) is 32.1 Å². The van der Waals surface area contributed by atoms with Crippen molar-refractivity contribution in [2.24, 2.45) is 11.8 Å². The van der Waals surface area contributed by atoms with Crippen LogP contribution in [0.2, 0.25) is 0 Å². The van der Waals surface area contributed by atoms with Gasteiger partial charge >= 0.3 is 0 Å². The van der Waals surface area contributed by atoms with Crippen molar-refractivity contribution in [3.8, 4) is 5.75 Å². The van der Waals surface area contributed by atoms with Crippen LogP contribution in [0.3, 0.4) is 0 Å². The summed E-state index contributed by atoms with van der Waals surface area (Å²) in [6.45, 7) is 1.60. The van der Waals surface area contributed by atoms with Gasteiger partial charge in [-0.15, -0.1) is 0 Å². The number of carbonyl (C=O) groups is 2. The van der Waals surface area contributed by atoms with Crippen LogP contribution in [0.1, 0.15) is 52.8 Å². The lowest BCUT2D eigenvalue weighted by Crippen LogP contribution is -2.44. The Kier molecular flexibility index (Phi) is 6.02. The van der Waals surface area contributed by atoms with E-state index in [0.29, 0.717) is 28.5 Å². The molecule has 0 radical (unpaired) electrons. The summed E-state index contributed by atoms with van der Waals surface area (Å²) in [4.78, 5) is 27.5. The number of hydrogen-bond acceptors (Lipinski definition) is 3. The predicted molar refractivity (Wildman–Crippen MR) is 113 cm³/mol. The van der Waals surface area contributed by atoms with Gasteiger partial charge in [0, 0.05) is 30.4 Å². The van der Waals surface area contributed by atoms with Crippen LogP contribution >= 0.6 is 0 Å². The van der Waals surface area contributed by atoms with Crippen LogP contribution in [0, 0.1) is 17.7 Å². The van der Waals surface area contributed by atoms with Crippen molar-refractivity contribution < 1.29 is 18.7 Å². The molecule has 2 aromatic carbocycles. The molecule has 6 heteroatoms. The van der Waals surface area contributed by atoms with Crippen LogP contribution in [-0.2, 0) is 0 Å². The zero-order valence-corrected chi connectivity index (χ0v) is 17.2. The minimum absolute atomic E-state index is 0.0210. The summed E-state index contributed by atoms with van der Waals surface area (Å²) < 4.78 is 18.5. The van der Waals surface area contributed by atoms with E-state index in [2.05, 4.69) is 5.32 Å². The topological polar surface area (TPSA) is 58.6 Å². The number of fused-ring (bicyclic) bond motifs is 1. The smallest absolute Gasteiger partial charge is 0.257 e. The summed E-state index contributed by atoms with van der Waals surface area (Å²) in [7, 11) is 1.52. The quantitative estimate of drug-likeness (QED) is 0.792. The summed E-state index contributed by atoms with van der Waals surface area (Å²) in [5.41, 5.74) is 1.38. The number of hydrogen-bond donors (Lipinski definition) is 1. The maximum absolute atomic E-state index is 13.2. The molecule has 0 bridgehead atoms. The van der Waals surface area contributed by atoms with Gasteiger partial charge in [-0.05, 0) is 61.1 Å². The maximum Gasteiger partial charge on any atom is 0.257 e. The monoisotopic (exact) mass is 410 g/mol. The van der Waals surface area contributed by atoms with Crippen LogP contribution in [0.4, 0.5) is 10.1 Å². The van der Waals surface area contributed by atoms with Gasteiger partial charge in [-0.1, -0.05) is 19.3 Å². The van der Waals surface area contributed by atoms with Crippen LogP contribution in [0.15, 0.2) is 42.5 Å². The van der Waals surface area contributed by atoms with Crippen molar-refractivity contribution >= 4 is 17.5 Å². The number of nitrogens with one attached hydrogen (secondary N) is 1. The first-order valence-electron chi connectivity index (χ1n) is 10.6. The number of amides is 2. The Bertz CT molecular complexity index is 929. The molecule has 1 unspecified atom stereocenters. The van der Waals surface area contributed by atoms with Gasteiger partial charge in [-0.25, -0.2) is 4.39 Å². The third-order valence-corrected chi connectivity index (χ3v) is 6.37. The molecule has 2 amide bonds. The average molecular weight is 410 g/mol. The fourth-order valence-corrected chi connectivity index (χ4v) is 4.71. The second-order valence-corrected chi connectivity index (χ2v) is 8.22. The summed E-state index contributed by atoms with van der Waals surface area (Å²) >= 11 is 0. The second kappa shape index (κ2) is 8.86. The first-order chi connectivity index (χ1) is 14.5. The van der Waals surface area contributed by atoms with Gasteiger partial charge in [-0.3, -0.25) is 9.59 Å². The molecule has 1 N–H and O–H groups in total. The highest BCUT2D eigenvalue weighted by atomic mass is 19.1. The Morgan fingerprint density at radius 1 is 1.03 bits per heavy atom. The number of anilines is 1. The van der Waals surface area contributed by atoms with E-state index in [1.54, 1.807) is 18.2 Å². The Morgan fingerprint density at radius 3 is 2.50 bits per heavy atom. The normalized spacial score (nSPS) is 20.9. The largest absolute Gasteiger partial charge is 0.496 e. The molecule has 2 fully saturated rings. The number of nitrogens with zero attached hydrogens (tertiary/aromatic N) is 1. The van der Waals surface area contributed by atoms with Crippen molar-refractivity contribution in [3.05, 3.63) is 59.4 Å². The Balaban J connectivity index is 1.47. The maximum atomic E-state index is 13.2. The van der Waals surface area contributed by atoms with E-state index in [4.69, 9.17) is 4.74 Å². The number of ether oxygens (including phenoxy) is 1. The minimum Gasteiger partial charge on any atom is -0.496 e. The van der Waals surface area contributed by atoms with Crippen molar-refractivity contribution in [1.82, 2.24) is 4.90 Å². The third-order valence-electron chi connectivity index (χ3n) is 6.37. The SMILES string of the molecule is COc1cc(NC(=O)c2ccc(F)cc2)ccc1C(=O)N1CCC2CCCC[C@H]2C1. The molecule has 1 saturated heterocycles. The number of likely N-dealkylation sites (tertiary alicyclic amines) is 1. The highest BCUT2D eigenvalue weighted by molar-refractivity contribution is 6.05. The highest BCUT2D eigenvalue weighted by Gasteiger charge is 2.33. The van der Waals surface area contributed by atoms with Crippen LogP contribution in [0.5, 0.6) is 5.75 Å². The molecule has 30 heavy (non-hydrogen) atoms. The van der Waals surface area contributed by atoms with Crippen LogP contribution < -0.4 is 10.1 Å². The number of rotatable bonds is 4. The fourth-order valence-electron chi connectivity index (χ4n) is 4.71. The molecular formula is C24H27FN2O3. The molecular weight excluding hydrogens is 383 g/mol. The Hall–Kier alpha value is -2.89. The van der Waals surface area contributed by atoms with E-state index in [1.807, 2.05) is 4.90 Å². The van der Waals surface area contributed by atoms with E-state index >= 15 is 0 Å². The van der Waals surface area contributed by atoms with Gasteiger partial charge in [0.1, 0.15) is 11.6 Å². The predicted octanol–water partition coefficient (Wildman–Crippen LogP) is 4.74. The molecule has 2 aromatic rings. The zero-order valence-electron chi connectivity index (χ0n) is 17.2. The zero-order chi connectivity index (χ0) is 21.1. The third kappa shape index (κ3) is 4.32. The molecule has 2 aliphatic rings. The molecule has 0 aromatic heterocycles. The van der Waals surface area contributed by atoms with E-state index in [0.717, 1.165) is 25.4 Å². The van der Waals surface area contributed by atoms with Gasteiger partial charge in [0.25, 0.3) is 11.8 Å². The van der Waals surface area contributed by atoms with Gasteiger partial charge in [-0.2, -0.15) is 0 Å². The molecule has 4 rings (SSSR count). The lowest BCUT2D eigenvalue weighted by atomic mass is 9.75. The fraction of sp³-hybridized carbons (Fsp3) is 0.417. The number of methoxy groups -OCH3 is 1. The van der Waals surface area contributed by atoms with Crippen molar-refractivity contribution in [2.75, 3.05) is 25.5 Å². The molecule has 2 atom stereocenters. The van der Waals surface area contributed by atoms with Gasteiger partial charge in [0.2, 0.25) is 0 Å². The standard InChI is InChI=1S/C24H27FN2O3/c1-30-22-14-20(26-23(28)17-6-8-19(25)9-7-17)10-11-21(22)24(29)27-13-12-16-4-2-3-5-18(16)15-27/h6-11,14,16,18H,2-5,12-13,15H2,1H3,(H,26,28)/t16?,18-/m0/s1. The van der Waals surface area contributed by atoms with Crippen molar-refractivity contribution in [1.29, 1.82) is 0 Å². The molecule has 5 nitrogen and oxygen atoms in total. The summed E-state index contributed by atoms with van der Waals surface area (Å²) in [6, 6.07) is 10.4. The molecule has 1 aliphatic carbocycles. The number of carbonyl (C=O) groups excluding carboxylic acids is 2. The Labute approximate surface area is 176 Å². The van der Waals surface area contributed by atoms with E-state index in [-0.39, 0.29) is 11.8 Å². The van der Waals surface area contributed by atoms with Gasteiger partial charge in [0.15, 0.2) is 0 Å². The second-order valence-electron chi connectivity index (χ2n) is 8.22. The molecule has 158 valence electrons. The highest BCUT2D eigenvalue weighted by Crippen LogP contribution is 2.37. The summed E-state index contributed by atoms with van der Waals surface area (Å²) in [5, 5.41) is 2.77. The number of halogens is 1. The van der Waals surface area contributed by atoms with Crippen molar-refractivity contribution in [3.63, 3.8) is 0 Å². The lowest BCUT2D eigenvalue weighted by Gasteiger charge is -2.41. The number of benzene rings is 2. The van der Waals surface area contributed by atoms with Gasteiger partial charge in [0.05, 0.1) is 12.7 Å². The first-order valence-corrected chi connectivity index (χ1v) is 10.6. The minimum atomic E-state index is -0.395. The molecule has 1 saturated carbocycles. The van der Waals surface area contributed by atoms with Crippen LogP contribution in [0.25, 0.3) is 0 Å². The summed E-state index contributed by atoms with van der Waals surface area (Å²) in [5.74, 6) is 1.03. The van der Waals surface area contributed by atoms with E-state index in [1.165, 1.54) is 57.1 Å². The average Bonchev–Trinajstić information content (AvgIpc) is 2.78. The summed E-state index contributed by atoms with van der Waals surface area (Å²) in [6.07, 6.45) is 6.14. The molecule has 0 spiro atoms. The first kappa shape index (κ1) is 20.4. The molecule has 1 heterocycles.